The molecule has 2 heterocycles. The van der Waals surface area contributed by atoms with E-state index in [0.717, 1.165) is 5.69 Å². The van der Waals surface area contributed by atoms with Crippen molar-refractivity contribution in [1.29, 1.82) is 0 Å². The summed E-state index contributed by atoms with van der Waals surface area (Å²) in [5, 5.41) is 11.5. The molecule has 2 aromatic rings. The third kappa shape index (κ3) is 4.59. The molecular weight excluding hydrogens is 348 g/mol. The predicted octanol–water partition coefficient (Wildman–Crippen LogP) is 2.14. The highest BCUT2D eigenvalue weighted by Gasteiger charge is 2.24. The first-order valence-corrected chi connectivity index (χ1v) is 8.83. The van der Waals surface area contributed by atoms with Gasteiger partial charge in [0, 0.05) is 56.6 Å². The van der Waals surface area contributed by atoms with E-state index in [0.29, 0.717) is 50.5 Å². The van der Waals surface area contributed by atoms with Crippen molar-refractivity contribution >= 4 is 17.3 Å². The largest absolute Gasteiger partial charge is 0.378 e. The minimum atomic E-state index is -0.435. The van der Waals surface area contributed by atoms with Gasteiger partial charge in [-0.2, -0.15) is 0 Å². The number of rotatable bonds is 6. The lowest BCUT2D eigenvalue weighted by molar-refractivity contribution is -0.384. The number of anilines is 1. The fourth-order valence-electron chi connectivity index (χ4n) is 3.02. The molecule has 1 aromatic carbocycles. The Morgan fingerprint density at radius 1 is 1.30 bits per heavy atom. The molecule has 8 heteroatoms. The molecule has 1 aliphatic rings. The van der Waals surface area contributed by atoms with Crippen LogP contribution < -0.4 is 4.90 Å². The average Bonchev–Trinajstić information content (AvgIpc) is 2.72. The Kier molecular flexibility index (Phi) is 5.97. The van der Waals surface area contributed by atoms with Crippen LogP contribution in [0.25, 0.3) is 0 Å². The third-order valence-electron chi connectivity index (χ3n) is 4.55. The van der Waals surface area contributed by atoms with Crippen molar-refractivity contribution in [3.8, 4) is 0 Å². The summed E-state index contributed by atoms with van der Waals surface area (Å²) >= 11 is 0. The van der Waals surface area contributed by atoms with Crippen molar-refractivity contribution in [2.24, 2.45) is 0 Å². The Balaban J connectivity index is 1.74. The van der Waals surface area contributed by atoms with Crippen LogP contribution in [-0.4, -0.2) is 60.6 Å². The van der Waals surface area contributed by atoms with Gasteiger partial charge in [-0.25, -0.2) is 0 Å². The standard InChI is InChI=1S/C19H22N4O4/c1-21(9-7-16-4-2-3-8-20-16)19(24)15-5-6-17(18(14-15)23(25)26)22-10-12-27-13-11-22/h2-6,8,14H,7,9-13H2,1H3. The van der Waals surface area contributed by atoms with Gasteiger partial charge in [0.1, 0.15) is 5.69 Å². The van der Waals surface area contributed by atoms with Crippen molar-refractivity contribution < 1.29 is 14.5 Å². The molecule has 142 valence electrons. The van der Waals surface area contributed by atoms with Crippen LogP contribution in [0.2, 0.25) is 0 Å². The highest BCUT2D eigenvalue weighted by molar-refractivity contribution is 5.95. The van der Waals surface area contributed by atoms with Gasteiger partial charge in [0.15, 0.2) is 0 Å². The van der Waals surface area contributed by atoms with E-state index in [2.05, 4.69) is 4.98 Å². The van der Waals surface area contributed by atoms with Gasteiger partial charge in [-0.3, -0.25) is 19.9 Å². The summed E-state index contributed by atoms with van der Waals surface area (Å²) in [6.45, 7) is 2.74. The highest BCUT2D eigenvalue weighted by atomic mass is 16.6. The van der Waals surface area contributed by atoms with Gasteiger partial charge in [-0.15, -0.1) is 0 Å². The maximum Gasteiger partial charge on any atom is 0.293 e. The van der Waals surface area contributed by atoms with Crippen molar-refractivity contribution in [2.45, 2.75) is 6.42 Å². The van der Waals surface area contributed by atoms with Crippen LogP contribution >= 0.6 is 0 Å². The number of aromatic nitrogens is 1. The number of carbonyl (C=O) groups excluding carboxylic acids is 1. The van der Waals surface area contributed by atoms with Crippen molar-refractivity contribution in [3.63, 3.8) is 0 Å². The Bertz CT molecular complexity index is 807. The summed E-state index contributed by atoms with van der Waals surface area (Å²) in [4.78, 5) is 31.5. The van der Waals surface area contributed by atoms with Crippen molar-refractivity contribution in [1.82, 2.24) is 9.88 Å². The molecule has 0 aliphatic carbocycles. The fourth-order valence-corrected chi connectivity index (χ4v) is 3.02. The molecule has 1 fully saturated rings. The number of pyridine rings is 1. The van der Waals surface area contributed by atoms with Gasteiger partial charge in [0.25, 0.3) is 11.6 Å². The number of amides is 1. The fraction of sp³-hybridized carbons (Fsp3) is 0.368. The highest BCUT2D eigenvalue weighted by Crippen LogP contribution is 2.30. The molecule has 0 spiro atoms. The van der Waals surface area contributed by atoms with Crippen LogP contribution in [0.3, 0.4) is 0 Å². The molecule has 0 radical (unpaired) electrons. The van der Waals surface area contributed by atoms with Crippen LogP contribution in [0.15, 0.2) is 42.6 Å². The van der Waals surface area contributed by atoms with Gasteiger partial charge in [-0.05, 0) is 24.3 Å². The predicted molar refractivity (Wildman–Crippen MR) is 101 cm³/mol. The lowest BCUT2D eigenvalue weighted by Crippen LogP contribution is -2.36. The van der Waals surface area contributed by atoms with Crippen LogP contribution in [0.5, 0.6) is 0 Å². The number of nitro groups is 1. The average molecular weight is 370 g/mol. The molecule has 0 N–H and O–H groups in total. The van der Waals surface area contributed by atoms with Gasteiger partial charge < -0.3 is 14.5 Å². The van der Waals surface area contributed by atoms with E-state index in [9.17, 15) is 14.9 Å². The monoisotopic (exact) mass is 370 g/mol. The van der Waals surface area contributed by atoms with E-state index in [1.807, 2.05) is 23.1 Å². The van der Waals surface area contributed by atoms with Crippen LogP contribution in [-0.2, 0) is 11.2 Å². The van der Waals surface area contributed by atoms with E-state index in [4.69, 9.17) is 4.74 Å². The maximum absolute atomic E-state index is 12.7. The number of hydrogen-bond acceptors (Lipinski definition) is 6. The summed E-state index contributed by atoms with van der Waals surface area (Å²) in [6, 6.07) is 10.3. The van der Waals surface area contributed by atoms with Crippen molar-refractivity contribution in [2.75, 3.05) is 44.8 Å². The maximum atomic E-state index is 12.7. The Morgan fingerprint density at radius 3 is 2.74 bits per heavy atom. The van der Waals surface area contributed by atoms with Crippen LogP contribution in [0.1, 0.15) is 16.1 Å². The van der Waals surface area contributed by atoms with E-state index < -0.39 is 4.92 Å². The van der Waals surface area contributed by atoms with Crippen LogP contribution in [0.4, 0.5) is 11.4 Å². The molecule has 1 saturated heterocycles. The number of nitrogens with zero attached hydrogens (tertiary/aromatic N) is 4. The summed E-state index contributed by atoms with van der Waals surface area (Å²) in [6.07, 6.45) is 2.34. The second-order valence-corrected chi connectivity index (χ2v) is 6.36. The molecule has 0 atom stereocenters. The lowest BCUT2D eigenvalue weighted by Gasteiger charge is -2.28. The zero-order valence-electron chi connectivity index (χ0n) is 15.2. The Morgan fingerprint density at radius 2 is 2.07 bits per heavy atom. The first-order valence-electron chi connectivity index (χ1n) is 8.83. The minimum absolute atomic E-state index is 0.0547. The van der Waals surface area contributed by atoms with E-state index in [1.165, 1.54) is 6.07 Å². The quantitative estimate of drug-likeness (QED) is 0.572. The van der Waals surface area contributed by atoms with Crippen LogP contribution in [0, 0.1) is 10.1 Å². The Labute approximate surface area is 157 Å². The minimum Gasteiger partial charge on any atom is -0.378 e. The summed E-state index contributed by atoms with van der Waals surface area (Å²) in [5.41, 5.74) is 1.67. The van der Waals surface area contributed by atoms with E-state index in [1.54, 1.807) is 30.3 Å². The molecule has 0 saturated carbocycles. The number of likely N-dealkylation sites (N-methyl/N-ethyl adjacent to an activating group) is 1. The van der Waals surface area contributed by atoms with E-state index in [-0.39, 0.29) is 11.6 Å². The molecule has 1 aromatic heterocycles. The molecule has 1 amide bonds. The zero-order chi connectivity index (χ0) is 19.2. The van der Waals surface area contributed by atoms with Gasteiger partial charge in [-0.1, -0.05) is 6.07 Å². The van der Waals surface area contributed by atoms with Gasteiger partial charge in [0.2, 0.25) is 0 Å². The van der Waals surface area contributed by atoms with Gasteiger partial charge >= 0.3 is 0 Å². The van der Waals surface area contributed by atoms with E-state index >= 15 is 0 Å². The zero-order valence-corrected chi connectivity index (χ0v) is 15.2. The second kappa shape index (κ2) is 8.59. The summed E-state index contributed by atoms with van der Waals surface area (Å²) in [7, 11) is 1.69. The normalized spacial score (nSPS) is 14.0. The second-order valence-electron chi connectivity index (χ2n) is 6.36. The number of benzene rings is 1. The number of nitro benzene ring substituents is 1. The Hall–Kier alpha value is -3.00. The molecule has 27 heavy (non-hydrogen) atoms. The molecule has 0 unspecified atom stereocenters. The molecule has 0 bridgehead atoms. The third-order valence-corrected chi connectivity index (χ3v) is 4.55. The topological polar surface area (TPSA) is 88.8 Å². The summed E-state index contributed by atoms with van der Waals surface area (Å²) in [5.74, 6) is -0.248. The van der Waals surface area contributed by atoms with Gasteiger partial charge in [0.05, 0.1) is 18.1 Å². The summed E-state index contributed by atoms with van der Waals surface area (Å²) < 4.78 is 5.30. The number of ether oxygens (including phenoxy) is 1. The van der Waals surface area contributed by atoms with Crippen molar-refractivity contribution in [3.05, 3.63) is 64.0 Å². The molecule has 8 nitrogen and oxygen atoms in total. The number of carbonyl (C=O) groups is 1. The SMILES string of the molecule is CN(CCc1ccccn1)C(=O)c1ccc(N2CCOCC2)c([N+](=O)[O-])c1. The smallest absolute Gasteiger partial charge is 0.293 e. The lowest BCUT2D eigenvalue weighted by atomic mass is 10.1. The molecule has 3 rings (SSSR count). The first kappa shape index (κ1) is 18.8. The molecular formula is C19H22N4O4. The molecule has 1 aliphatic heterocycles. The number of hydrogen-bond donors (Lipinski definition) is 0. The first-order chi connectivity index (χ1) is 13.1. The number of morpholine rings is 1.